The zero-order chi connectivity index (χ0) is 21.2. The minimum Gasteiger partial charge on any atom is -0.454 e. The molecule has 2 fully saturated rings. The van der Waals surface area contributed by atoms with Crippen molar-refractivity contribution in [1.29, 1.82) is 0 Å². The lowest BCUT2D eigenvalue weighted by molar-refractivity contribution is -0.115. The summed E-state index contributed by atoms with van der Waals surface area (Å²) >= 11 is 1.43. The predicted octanol–water partition coefficient (Wildman–Crippen LogP) is 2.91. The van der Waals surface area contributed by atoms with Crippen LogP contribution in [0.25, 0.3) is 0 Å². The second-order valence-electron chi connectivity index (χ2n) is 8.04. The highest BCUT2D eigenvalue weighted by Gasteiger charge is 2.27. The Balaban J connectivity index is 1.29. The van der Waals surface area contributed by atoms with E-state index in [2.05, 4.69) is 25.0 Å². The summed E-state index contributed by atoms with van der Waals surface area (Å²) in [7, 11) is 0. The number of nitrogens with one attached hydrogen (secondary N) is 1. The van der Waals surface area contributed by atoms with E-state index in [-0.39, 0.29) is 24.1 Å². The van der Waals surface area contributed by atoms with Crippen LogP contribution in [0.4, 0.5) is 11.6 Å². The average Bonchev–Trinajstić information content (AvgIpc) is 3.56. The Morgan fingerprint density at radius 1 is 1.23 bits per heavy atom. The number of aromatic nitrogens is 3. The van der Waals surface area contributed by atoms with Gasteiger partial charge >= 0.3 is 0 Å². The number of carbonyl (C=O) groups is 1. The first kappa shape index (κ1) is 20.4. The van der Waals surface area contributed by atoms with Gasteiger partial charge in [0.25, 0.3) is 0 Å². The van der Waals surface area contributed by atoms with E-state index in [1.807, 2.05) is 13.0 Å². The van der Waals surface area contributed by atoms with Crippen molar-refractivity contribution in [3.63, 3.8) is 0 Å². The molecule has 1 N–H and O–H groups in total. The standard InChI is InChI=1S/C21H27N5O4S/c1-14(19(27)22-15-6-7-17-18(11-15)30-13-29-17)31-21-24-23-20(25-8-2-3-9-25)26(21)12-16-5-4-10-28-16/h6-7,11,14,16H,2-5,8-10,12-13H2,1H3,(H,22,27). The maximum Gasteiger partial charge on any atom is 0.237 e. The number of thioether (sulfide) groups is 1. The molecule has 3 aliphatic rings. The molecule has 2 atom stereocenters. The fourth-order valence-electron chi connectivity index (χ4n) is 4.10. The lowest BCUT2D eigenvalue weighted by atomic mass is 10.2. The van der Waals surface area contributed by atoms with Crippen LogP contribution >= 0.6 is 11.8 Å². The van der Waals surface area contributed by atoms with Gasteiger partial charge in [0, 0.05) is 31.5 Å². The van der Waals surface area contributed by atoms with E-state index in [0.29, 0.717) is 17.2 Å². The second kappa shape index (κ2) is 8.96. The summed E-state index contributed by atoms with van der Waals surface area (Å²) in [6.45, 7) is 5.61. The Kier molecular flexibility index (Phi) is 5.91. The van der Waals surface area contributed by atoms with E-state index in [4.69, 9.17) is 14.2 Å². The smallest absolute Gasteiger partial charge is 0.237 e. The maximum absolute atomic E-state index is 12.8. The molecule has 0 radical (unpaired) electrons. The molecule has 5 rings (SSSR count). The molecule has 166 valence electrons. The van der Waals surface area contributed by atoms with Crippen LogP contribution in [0.5, 0.6) is 11.5 Å². The van der Waals surface area contributed by atoms with Crippen LogP contribution in [0.1, 0.15) is 32.6 Å². The van der Waals surface area contributed by atoms with E-state index in [1.54, 1.807) is 12.1 Å². The van der Waals surface area contributed by atoms with Crippen molar-refractivity contribution < 1.29 is 19.0 Å². The van der Waals surface area contributed by atoms with Gasteiger partial charge in [0.1, 0.15) is 0 Å². The third kappa shape index (κ3) is 4.45. The second-order valence-corrected chi connectivity index (χ2v) is 9.35. The van der Waals surface area contributed by atoms with E-state index >= 15 is 0 Å². The third-order valence-electron chi connectivity index (χ3n) is 5.79. The number of anilines is 2. The van der Waals surface area contributed by atoms with Crippen molar-refractivity contribution in [2.45, 2.75) is 55.7 Å². The number of fused-ring (bicyclic) bond motifs is 1. The van der Waals surface area contributed by atoms with Gasteiger partial charge in [-0.05, 0) is 44.7 Å². The van der Waals surface area contributed by atoms with Gasteiger partial charge in [-0.15, -0.1) is 10.2 Å². The highest BCUT2D eigenvalue weighted by atomic mass is 32.2. The van der Waals surface area contributed by atoms with Gasteiger partial charge in [0.05, 0.1) is 17.9 Å². The molecular weight excluding hydrogens is 418 g/mol. The van der Waals surface area contributed by atoms with Crippen LogP contribution in [0.15, 0.2) is 23.4 Å². The van der Waals surface area contributed by atoms with Gasteiger partial charge in [0.15, 0.2) is 16.7 Å². The molecule has 1 aromatic carbocycles. The molecule has 0 spiro atoms. The number of hydrogen-bond acceptors (Lipinski definition) is 8. The molecule has 0 saturated carbocycles. The van der Waals surface area contributed by atoms with Crippen LogP contribution in [0, 0.1) is 0 Å². The summed E-state index contributed by atoms with van der Waals surface area (Å²) in [4.78, 5) is 15.1. The van der Waals surface area contributed by atoms with Crippen LogP contribution in [-0.2, 0) is 16.1 Å². The number of ether oxygens (including phenoxy) is 3. The zero-order valence-corrected chi connectivity index (χ0v) is 18.4. The molecule has 1 aromatic heterocycles. The molecule has 10 heteroatoms. The lowest BCUT2D eigenvalue weighted by Gasteiger charge is -2.21. The van der Waals surface area contributed by atoms with E-state index in [1.165, 1.54) is 24.6 Å². The Morgan fingerprint density at radius 3 is 2.87 bits per heavy atom. The first-order chi connectivity index (χ1) is 15.2. The van der Waals surface area contributed by atoms with Gasteiger partial charge in [-0.1, -0.05) is 11.8 Å². The van der Waals surface area contributed by atoms with Crippen LogP contribution in [0.2, 0.25) is 0 Å². The SMILES string of the molecule is CC(Sc1nnc(N2CCCC2)n1CC1CCCO1)C(=O)Nc1ccc2c(c1)OCO2. The molecule has 2 saturated heterocycles. The van der Waals surface area contributed by atoms with Gasteiger partial charge in [0.2, 0.25) is 18.6 Å². The highest BCUT2D eigenvalue weighted by Crippen LogP contribution is 2.35. The molecule has 9 nitrogen and oxygen atoms in total. The minimum absolute atomic E-state index is 0.0988. The number of carbonyl (C=O) groups excluding carboxylic acids is 1. The van der Waals surface area contributed by atoms with Crippen molar-refractivity contribution in [2.24, 2.45) is 0 Å². The summed E-state index contributed by atoms with van der Waals surface area (Å²) in [5.41, 5.74) is 0.681. The lowest BCUT2D eigenvalue weighted by Crippen LogP contribution is -2.26. The van der Waals surface area contributed by atoms with Crippen molar-refractivity contribution in [3.05, 3.63) is 18.2 Å². The van der Waals surface area contributed by atoms with Crippen molar-refractivity contribution >= 4 is 29.3 Å². The van der Waals surface area contributed by atoms with Gasteiger partial charge in [-0.2, -0.15) is 0 Å². The largest absolute Gasteiger partial charge is 0.454 e. The highest BCUT2D eigenvalue weighted by molar-refractivity contribution is 8.00. The normalized spacial score (nSPS) is 20.9. The van der Waals surface area contributed by atoms with Gasteiger partial charge < -0.3 is 24.4 Å². The molecule has 2 aromatic rings. The first-order valence-corrected chi connectivity index (χ1v) is 11.7. The molecule has 0 bridgehead atoms. The van der Waals surface area contributed by atoms with Crippen molar-refractivity contribution in [2.75, 3.05) is 36.7 Å². The summed E-state index contributed by atoms with van der Waals surface area (Å²) in [5.74, 6) is 2.12. The topological polar surface area (TPSA) is 90.7 Å². The molecule has 2 unspecified atom stereocenters. The molecular formula is C21H27N5O4S. The molecule has 3 aliphatic heterocycles. The summed E-state index contributed by atoms with van der Waals surface area (Å²) < 4.78 is 18.7. The molecule has 4 heterocycles. The van der Waals surface area contributed by atoms with E-state index < -0.39 is 0 Å². The van der Waals surface area contributed by atoms with Crippen LogP contribution in [0.3, 0.4) is 0 Å². The number of hydrogen-bond donors (Lipinski definition) is 1. The molecule has 0 aliphatic carbocycles. The fourth-order valence-corrected chi connectivity index (χ4v) is 4.95. The molecule has 1 amide bonds. The quantitative estimate of drug-likeness (QED) is 0.651. The minimum atomic E-state index is -0.343. The Labute approximate surface area is 185 Å². The molecule has 31 heavy (non-hydrogen) atoms. The van der Waals surface area contributed by atoms with Crippen LogP contribution in [-0.4, -0.2) is 58.5 Å². The number of amides is 1. The summed E-state index contributed by atoms with van der Waals surface area (Å²) in [6, 6.07) is 5.40. The monoisotopic (exact) mass is 445 g/mol. The number of benzene rings is 1. The third-order valence-corrected chi connectivity index (χ3v) is 6.87. The first-order valence-electron chi connectivity index (χ1n) is 10.8. The fraction of sp³-hybridized carbons (Fsp3) is 0.571. The van der Waals surface area contributed by atoms with Gasteiger partial charge in [-0.3, -0.25) is 9.36 Å². The number of nitrogens with zero attached hydrogens (tertiary/aromatic N) is 4. The summed E-state index contributed by atoms with van der Waals surface area (Å²) in [6.07, 6.45) is 4.65. The number of rotatable bonds is 7. The van der Waals surface area contributed by atoms with Crippen LogP contribution < -0.4 is 19.7 Å². The maximum atomic E-state index is 12.8. The summed E-state index contributed by atoms with van der Waals surface area (Å²) in [5, 5.41) is 12.3. The van der Waals surface area contributed by atoms with E-state index in [9.17, 15) is 4.79 Å². The van der Waals surface area contributed by atoms with Gasteiger partial charge in [-0.25, -0.2) is 0 Å². The van der Waals surface area contributed by atoms with Crippen molar-refractivity contribution in [3.8, 4) is 11.5 Å². The Morgan fingerprint density at radius 2 is 2.06 bits per heavy atom. The van der Waals surface area contributed by atoms with E-state index in [0.717, 1.165) is 50.2 Å². The van der Waals surface area contributed by atoms with Crippen molar-refractivity contribution in [1.82, 2.24) is 14.8 Å². The Hall–Kier alpha value is -2.46. The predicted molar refractivity (Wildman–Crippen MR) is 117 cm³/mol. The average molecular weight is 446 g/mol. The Bertz CT molecular complexity index is 940. The zero-order valence-electron chi connectivity index (χ0n) is 17.6.